The van der Waals surface area contributed by atoms with Crippen molar-refractivity contribution in [3.63, 3.8) is 0 Å². The summed E-state index contributed by atoms with van der Waals surface area (Å²) in [5.74, 6) is 0.417. The van der Waals surface area contributed by atoms with Crippen LogP contribution in [0.25, 0.3) is 6.08 Å². The fraction of sp³-hybridized carbons (Fsp3) is 0.286. The average molecular weight is 404 g/mol. The molecule has 28 heavy (non-hydrogen) atoms. The van der Waals surface area contributed by atoms with Crippen LogP contribution in [0, 0.1) is 12.7 Å². The molecule has 2 heterocycles. The fourth-order valence-corrected chi connectivity index (χ4v) is 3.64. The molecule has 2 aliphatic rings. The van der Waals surface area contributed by atoms with Gasteiger partial charge in [-0.1, -0.05) is 17.7 Å². The summed E-state index contributed by atoms with van der Waals surface area (Å²) < 4.78 is 31.0. The number of fused-ring (bicyclic) bond motifs is 3. The maximum Gasteiger partial charge on any atom is 0.232 e. The zero-order valence-corrected chi connectivity index (χ0v) is 16.3. The summed E-state index contributed by atoms with van der Waals surface area (Å²) in [6.45, 7) is 4.11. The Morgan fingerprint density at radius 3 is 2.96 bits per heavy atom. The molecule has 7 heteroatoms. The number of rotatable bonds is 4. The van der Waals surface area contributed by atoms with Crippen LogP contribution in [0.3, 0.4) is 0 Å². The smallest absolute Gasteiger partial charge is 0.232 e. The summed E-state index contributed by atoms with van der Waals surface area (Å²) in [5, 5.41) is 0.215. The number of hydrogen-bond acceptors (Lipinski definition) is 5. The minimum absolute atomic E-state index is 0.0486. The lowest BCUT2D eigenvalue weighted by atomic mass is 9.98. The third-order valence-electron chi connectivity index (χ3n) is 4.87. The van der Waals surface area contributed by atoms with E-state index in [9.17, 15) is 9.18 Å². The summed E-state index contributed by atoms with van der Waals surface area (Å²) in [7, 11) is 1.65. The van der Waals surface area contributed by atoms with E-state index in [4.69, 9.17) is 25.8 Å². The van der Waals surface area contributed by atoms with Crippen molar-refractivity contribution < 1.29 is 23.4 Å². The summed E-state index contributed by atoms with van der Waals surface area (Å²) in [5.41, 5.74) is 2.17. The Bertz CT molecular complexity index is 969. The van der Waals surface area contributed by atoms with E-state index in [0.29, 0.717) is 43.5 Å². The highest BCUT2D eigenvalue weighted by atomic mass is 35.5. The quantitative estimate of drug-likeness (QED) is 0.716. The van der Waals surface area contributed by atoms with E-state index in [-0.39, 0.29) is 22.1 Å². The monoisotopic (exact) mass is 403 g/mol. The zero-order valence-electron chi connectivity index (χ0n) is 15.6. The fourth-order valence-electron chi connectivity index (χ4n) is 3.42. The van der Waals surface area contributed by atoms with Gasteiger partial charge in [0.2, 0.25) is 5.78 Å². The first-order valence-electron chi connectivity index (χ1n) is 8.88. The Hall–Kier alpha value is -2.41. The topological polar surface area (TPSA) is 48.0 Å². The Kier molecular flexibility index (Phi) is 5.10. The molecule has 0 saturated heterocycles. The number of Topliss-reactive ketones (excluding diaryl/α,β-unsaturated/α-hetero) is 1. The first-order valence-corrected chi connectivity index (χ1v) is 9.26. The van der Waals surface area contributed by atoms with Gasteiger partial charge < -0.3 is 14.2 Å². The van der Waals surface area contributed by atoms with Crippen molar-refractivity contribution >= 4 is 23.5 Å². The van der Waals surface area contributed by atoms with Crippen LogP contribution in [0.1, 0.15) is 27.0 Å². The van der Waals surface area contributed by atoms with E-state index in [0.717, 1.165) is 11.1 Å². The van der Waals surface area contributed by atoms with Gasteiger partial charge in [0.25, 0.3) is 0 Å². The second-order valence-electron chi connectivity index (χ2n) is 6.77. The van der Waals surface area contributed by atoms with Gasteiger partial charge in [-0.15, -0.1) is 0 Å². The first kappa shape index (κ1) is 18.9. The largest absolute Gasteiger partial charge is 0.478 e. The minimum Gasteiger partial charge on any atom is -0.478 e. The molecule has 0 aromatic heterocycles. The molecule has 4 rings (SSSR count). The lowest BCUT2D eigenvalue weighted by Gasteiger charge is -2.29. The molecule has 0 fully saturated rings. The molecule has 0 bridgehead atoms. The number of carbonyl (C=O) groups excluding carboxylic acids is 1. The van der Waals surface area contributed by atoms with E-state index in [1.54, 1.807) is 13.2 Å². The second-order valence-corrected chi connectivity index (χ2v) is 7.18. The van der Waals surface area contributed by atoms with Crippen molar-refractivity contribution in [3.05, 3.63) is 63.1 Å². The molecule has 2 aliphatic heterocycles. The van der Waals surface area contributed by atoms with Crippen molar-refractivity contribution in [3.8, 4) is 11.5 Å². The third-order valence-corrected chi connectivity index (χ3v) is 5.20. The number of hydrogen-bond donors (Lipinski definition) is 0. The number of ether oxygens (including phenoxy) is 3. The van der Waals surface area contributed by atoms with E-state index in [1.165, 1.54) is 18.2 Å². The number of benzene rings is 2. The number of allylic oxidation sites excluding steroid dienone is 1. The number of halogens is 2. The second kappa shape index (κ2) is 7.54. The van der Waals surface area contributed by atoms with Gasteiger partial charge in [-0.25, -0.2) is 4.39 Å². The van der Waals surface area contributed by atoms with Crippen LogP contribution in [-0.4, -0.2) is 37.7 Å². The molecule has 5 nitrogen and oxygen atoms in total. The van der Waals surface area contributed by atoms with Gasteiger partial charge in [0.1, 0.15) is 24.0 Å². The lowest BCUT2D eigenvalue weighted by Crippen LogP contribution is -2.34. The van der Waals surface area contributed by atoms with E-state index < -0.39 is 5.82 Å². The molecule has 0 N–H and O–H groups in total. The van der Waals surface area contributed by atoms with Crippen molar-refractivity contribution in [2.45, 2.75) is 13.5 Å². The number of nitrogens with zero attached hydrogens (tertiary/aromatic N) is 1. The van der Waals surface area contributed by atoms with Gasteiger partial charge in [0.05, 0.1) is 22.8 Å². The highest BCUT2D eigenvalue weighted by Crippen LogP contribution is 2.44. The van der Waals surface area contributed by atoms with E-state index in [1.807, 2.05) is 13.0 Å². The molecular weight excluding hydrogens is 385 g/mol. The number of methoxy groups -OCH3 is 1. The van der Waals surface area contributed by atoms with Crippen molar-refractivity contribution in [2.24, 2.45) is 0 Å². The predicted octanol–water partition coefficient (Wildman–Crippen LogP) is 4.20. The Labute approximate surface area is 167 Å². The molecule has 0 amide bonds. The molecule has 0 atom stereocenters. The average Bonchev–Trinajstić information content (AvgIpc) is 3.00. The van der Waals surface area contributed by atoms with Crippen molar-refractivity contribution in [2.75, 3.05) is 27.0 Å². The predicted molar refractivity (Wildman–Crippen MR) is 103 cm³/mol. The van der Waals surface area contributed by atoms with Gasteiger partial charge in [0.15, 0.2) is 5.76 Å². The first-order chi connectivity index (χ1) is 13.5. The molecule has 0 radical (unpaired) electrons. The Morgan fingerprint density at radius 2 is 2.21 bits per heavy atom. The van der Waals surface area contributed by atoms with E-state index >= 15 is 0 Å². The molecule has 2 aromatic carbocycles. The van der Waals surface area contributed by atoms with Crippen molar-refractivity contribution in [1.29, 1.82) is 0 Å². The molecule has 0 spiro atoms. The maximum absolute atomic E-state index is 14.1. The SMILES string of the molecule is COCCN1COc2cc(C)c3c(c2C1)O/C(=C\c1c(F)cccc1Cl)C3=O. The van der Waals surface area contributed by atoms with Crippen molar-refractivity contribution in [1.82, 2.24) is 4.90 Å². The van der Waals surface area contributed by atoms with Crippen LogP contribution in [0.5, 0.6) is 11.5 Å². The Balaban J connectivity index is 1.73. The minimum atomic E-state index is -0.514. The molecule has 0 aliphatic carbocycles. The van der Waals surface area contributed by atoms with Crippen LogP contribution < -0.4 is 9.47 Å². The lowest BCUT2D eigenvalue weighted by molar-refractivity contribution is 0.0646. The Morgan fingerprint density at radius 1 is 1.39 bits per heavy atom. The van der Waals surface area contributed by atoms with Crippen LogP contribution in [0.15, 0.2) is 30.0 Å². The summed E-state index contributed by atoms with van der Waals surface area (Å²) in [4.78, 5) is 15.0. The van der Waals surface area contributed by atoms with Gasteiger partial charge in [-0.05, 0) is 36.8 Å². The molecular formula is C21H19ClFNO4. The zero-order chi connectivity index (χ0) is 19.8. The van der Waals surface area contributed by atoms with Gasteiger partial charge in [-0.2, -0.15) is 0 Å². The van der Waals surface area contributed by atoms with Crippen LogP contribution >= 0.6 is 11.6 Å². The molecule has 146 valence electrons. The molecule has 0 unspecified atom stereocenters. The third kappa shape index (κ3) is 3.28. The standard InChI is InChI=1S/C21H19ClFNO4/c1-12-8-17-14(10-24(11-27-17)6-7-26-2)21-19(12)20(25)18(28-21)9-13-15(22)4-3-5-16(13)23/h3-5,8-9H,6-7,10-11H2,1-2H3/b18-9-. The molecule has 2 aromatic rings. The highest BCUT2D eigenvalue weighted by molar-refractivity contribution is 6.32. The van der Waals surface area contributed by atoms with Crippen LogP contribution in [0.2, 0.25) is 5.02 Å². The molecule has 0 saturated carbocycles. The number of aryl methyl sites for hydroxylation is 1. The highest BCUT2D eigenvalue weighted by Gasteiger charge is 2.35. The number of carbonyl (C=O) groups is 1. The summed E-state index contributed by atoms with van der Waals surface area (Å²) in [6.07, 6.45) is 1.36. The number of ketones is 1. The summed E-state index contributed by atoms with van der Waals surface area (Å²) >= 11 is 6.09. The van der Waals surface area contributed by atoms with Gasteiger partial charge >= 0.3 is 0 Å². The van der Waals surface area contributed by atoms with Crippen LogP contribution in [-0.2, 0) is 11.3 Å². The van der Waals surface area contributed by atoms with Gasteiger partial charge in [0, 0.05) is 25.8 Å². The normalized spacial score (nSPS) is 17.3. The summed E-state index contributed by atoms with van der Waals surface area (Å²) in [6, 6.07) is 6.22. The van der Waals surface area contributed by atoms with E-state index in [2.05, 4.69) is 4.90 Å². The maximum atomic E-state index is 14.1. The van der Waals surface area contributed by atoms with Gasteiger partial charge in [-0.3, -0.25) is 9.69 Å². The van der Waals surface area contributed by atoms with Crippen LogP contribution in [0.4, 0.5) is 4.39 Å².